The second-order valence-electron chi connectivity index (χ2n) is 5.13. The second-order valence-corrected chi connectivity index (χ2v) is 8.43. The van der Waals surface area contributed by atoms with Crippen molar-refractivity contribution in [2.24, 2.45) is 5.92 Å². The summed E-state index contributed by atoms with van der Waals surface area (Å²) in [7, 11) is -1.74. The van der Waals surface area contributed by atoms with Crippen LogP contribution in [0.4, 0.5) is 0 Å². The fourth-order valence-corrected chi connectivity index (χ4v) is 5.53. The monoisotopic (exact) mass is 319 g/mol. The van der Waals surface area contributed by atoms with Crippen LogP contribution in [0.2, 0.25) is 0 Å². The molecule has 0 amide bonds. The first-order chi connectivity index (χ1) is 9.48. The Balaban J connectivity index is 2.11. The molecule has 2 rings (SSSR count). The topological polar surface area (TPSA) is 66.8 Å². The third kappa shape index (κ3) is 3.23. The summed E-state index contributed by atoms with van der Waals surface area (Å²) in [6.45, 7) is 3.50. The van der Waals surface area contributed by atoms with E-state index in [4.69, 9.17) is 4.74 Å². The van der Waals surface area contributed by atoms with Crippen molar-refractivity contribution in [3.05, 3.63) is 16.5 Å². The molecule has 0 aromatic carbocycles. The second kappa shape index (κ2) is 6.53. The van der Waals surface area contributed by atoms with E-state index < -0.39 is 10.0 Å². The Labute approximate surface area is 124 Å². The quantitative estimate of drug-likeness (QED) is 0.895. The van der Waals surface area contributed by atoms with Crippen molar-refractivity contribution >= 4 is 21.4 Å². The van der Waals surface area contributed by atoms with Crippen molar-refractivity contribution < 1.29 is 18.3 Å². The van der Waals surface area contributed by atoms with Crippen LogP contribution >= 0.6 is 11.3 Å². The third-order valence-corrected chi connectivity index (χ3v) is 7.28. The molecule has 1 fully saturated rings. The van der Waals surface area contributed by atoms with E-state index in [1.807, 2.05) is 6.92 Å². The molecule has 0 aliphatic carbocycles. The molecule has 1 saturated heterocycles. The van der Waals surface area contributed by atoms with Gasteiger partial charge in [0, 0.05) is 31.7 Å². The number of rotatable bonds is 5. The summed E-state index contributed by atoms with van der Waals surface area (Å²) in [5.41, 5.74) is 0.838. The van der Waals surface area contributed by atoms with Crippen LogP contribution in [0.5, 0.6) is 0 Å². The zero-order valence-corrected chi connectivity index (χ0v) is 13.5. The standard InChI is InChI=1S/C13H21NO4S2/c1-10-7-13(19-12(10)8-15)20(16,17)14-5-3-11(4-6-14)9-18-2/h7,11,15H,3-6,8-9H2,1-2H3. The molecule has 1 aromatic heterocycles. The Kier molecular flexibility index (Phi) is 5.19. The van der Waals surface area contributed by atoms with Crippen LogP contribution in [0.15, 0.2) is 10.3 Å². The highest BCUT2D eigenvalue weighted by Gasteiger charge is 2.30. The number of sulfonamides is 1. The van der Waals surface area contributed by atoms with Crippen molar-refractivity contribution in [1.29, 1.82) is 0 Å². The minimum absolute atomic E-state index is 0.109. The van der Waals surface area contributed by atoms with Crippen LogP contribution in [0, 0.1) is 12.8 Å². The van der Waals surface area contributed by atoms with Crippen LogP contribution in [0.3, 0.4) is 0 Å². The normalized spacial score (nSPS) is 18.6. The van der Waals surface area contributed by atoms with Crippen molar-refractivity contribution in [2.45, 2.75) is 30.6 Å². The van der Waals surface area contributed by atoms with Crippen molar-refractivity contribution in [3.8, 4) is 0 Å². The van der Waals surface area contributed by atoms with Crippen LogP contribution in [-0.4, -0.2) is 44.6 Å². The van der Waals surface area contributed by atoms with Gasteiger partial charge in [0.1, 0.15) is 4.21 Å². The number of methoxy groups -OCH3 is 1. The van der Waals surface area contributed by atoms with Gasteiger partial charge in [0.15, 0.2) is 0 Å². The molecule has 1 aromatic rings. The summed E-state index contributed by atoms with van der Waals surface area (Å²) in [5, 5.41) is 9.19. The van der Waals surface area contributed by atoms with Gasteiger partial charge >= 0.3 is 0 Å². The molecule has 0 unspecified atom stereocenters. The summed E-state index contributed by atoms with van der Waals surface area (Å²) < 4.78 is 32.1. The van der Waals surface area contributed by atoms with Gasteiger partial charge in [-0.05, 0) is 37.3 Å². The highest BCUT2D eigenvalue weighted by Crippen LogP contribution is 2.30. The number of nitrogens with zero attached hydrogens (tertiary/aromatic N) is 1. The molecule has 20 heavy (non-hydrogen) atoms. The maximum absolute atomic E-state index is 12.6. The van der Waals surface area contributed by atoms with E-state index in [9.17, 15) is 13.5 Å². The number of aliphatic hydroxyl groups excluding tert-OH is 1. The van der Waals surface area contributed by atoms with Crippen LogP contribution in [-0.2, 0) is 21.4 Å². The molecule has 1 N–H and O–H groups in total. The number of aliphatic hydroxyl groups is 1. The Morgan fingerprint density at radius 1 is 1.45 bits per heavy atom. The number of aryl methyl sites for hydroxylation is 1. The summed E-state index contributed by atoms with van der Waals surface area (Å²) in [5.74, 6) is 0.449. The van der Waals surface area contributed by atoms with Gasteiger partial charge in [-0.15, -0.1) is 11.3 Å². The van der Waals surface area contributed by atoms with Gasteiger partial charge < -0.3 is 9.84 Å². The van der Waals surface area contributed by atoms with Crippen LogP contribution < -0.4 is 0 Å². The Bertz CT molecular complexity index is 545. The van der Waals surface area contributed by atoms with Crippen LogP contribution in [0.1, 0.15) is 23.3 Å². The number of piperidine rings is 1. The van der Waals surface area contributed by atoms with Gasteiger partial charge in [0.05, 0.1) is 6.61 Å². The summed E-state index contributed by atoms with van der Waals surface area (Å²) in [6, 6.07) is 1.66. The number of hydrogen-bond acceptors (Lipinski definition) is 5. The summed E-state index contributed by atoms with van der Waals surface area (Å²) >= 11 is 1.17. The Morgan fingerprint density at radius 2 is 2.10 bits per heavy atom. The number of ether oxygens (including phenoxy) is 1. The van der Waals surface area contributed by atoms with E-state index in [2.05, 4.69) is 0 Å². The van der Waals surface area contributed by atoms with Crippen molar-refractivity contribution in [3.63, 3.8) is 0 Å². The zero-order valence-electron chi connectivity index (χ0n) is 11.8. The van der Waals surface area contributed by atoms with Crippen LogP contribution in [0.25, 0.3) is 0 Å². The molecule has 0 radical (unpaired) electrons. The van der Waals surface area contributed by atoms with Gasteiger partial charge in [0.2, 0.25) is 0 Å². The van der Waals surface area contributed by atoms with Gasteiger partial charge in [-0.25, -0.2) is 8.42 Å². The fourth-order valence-electron chi connectivity index (χ4n) is 2.45. The maximum atomic E-state index is 12.6. The van der Waals surface area contributed by atoms with Crippen molar-refractivity contribution in [2.75, 3.05) is 26.8 Å². The van der Waals surface area contributed by atoms with Gasteiger partial charge in [-0.1, -0.05) is 0 Å². The number of hydrogen-bond donors (Lipinski definition) is 1. The van der Waals surface area contributed by atoms with Crippen molar-refractivity contribution in [1.82, 2.24) is 4.31 Å². The number of thiophene rings is 1. The molecule has 0 spiro atoms. The Hall–Kier alpha value is -0.470. The molecule has 1 aliphatic heterocycles. The largest absolute Gasteiger partial charge is 0.391 e. The predicted molar refractivity (Wildman–Crippen MR) is 78.3 cm³/mol. The van der Waals surface area contributed by atoms with E-state index in [1.165, 1.54) is 11.3 Å². The first-order valence-corrected chi connectivity index (χ1v) is 8.94. The van der Waals surface area contributed by atoms with E-state index in [-0.39, 0.29) is 6.61 Å². The molecule has 0 saturated carbocycles. The van der Waals surface area contributed by atoms with Gasteiger partial charge in [-0.2, -0.15) is 4.31 Å². The average molecular weight is 319 g/mol. The van der Waals surface area contributed by atoms with Gasteiger partial charge in [-0.3, -0.25) is 0 Å². The van der Waals surface area contributed by atoms with Gasteiger partial charge in [0.25, 0.3) is 10.0 Å². The first kappa shape index (κ1) is 15.9. The van der Waals surface area contributed by atoms with E-state index >= 15 is 0 Å². The minimum atomic E-state index is -3.41. The lowest BCUT2D eigenvalue weighted by Crippen LogP contribution is -2.39. The summed E-state index contributed by atoms with van der Waals surface area (Å²) in [6.07, 6.45) is 1.68. The molecular weight excluding hydrogens is 298 g/mol. The molecule has 7 heteroatoms. The molecule has 0 bridgehead atoms. The average Bonchev–Trinajstić information content (AvgIpc) is 2.82. The summed E-state index contributed by atoms with van der Waals surface area (Å²) in [4.78, 5) is 0.720. The fraction of sp³-hybridized carbons (Fsp3) is 0.692. The molecule has 114 valence electrons. The van der Waals surface area contributed by atoms with E-state index in [1.54, 1.807) is 17.5 Å². The highest BCUT2D eigenvalue weighted by atomic mass is 32.2. The van der Waals surface area contributed by atoms with E-state index in [0.717, 1.165) is 23.3 Å². The third-order valence-electron chi connectivity index (χ3n) is 3.71. The molecule has 0 atom stereocenters. The smallest absolute Gasteiger partial charge is 0.252 e. The Morgan fingerprint density at radius 3 is 2.60 bits per heavy atom. The van der Waals surface area contributed by atoms with E-state index in [0.29, 0.717) is 29.8 Å². The molecule has 5 nitrogen and oxygen atoms in total. The lowest BCUT2D eigenvalue weighted by molar-refractivity contribution is 0.121. The molecule has 1 aliphatic rings. The lowest BCUT2D eigenvalue weighted by Gasteiger charge is -2.30. The lowest BCUT2D eigenvalue weighted by atomic mass is 9.99. The SMILES string of the molecule is COCC1CCN(S(=O)(=O)c2cc(C)c(CO)s2)CC1. The first-order valence-electron chi connectivity index (χ1n) is 6.68. The predicted octanol–water partition coefficient (Wildman–Crippen LogP) is 1.60. The molecule has 2 heterocycles. The highest BCUT2D eigenvalue weighted by molar-refractivity contribution is 7.91. The zero-order chi connectivity index (χ0) is 14.8. The molecular formula is C13H21NO4S2. The minimum Gasteiger partial charge on any atom is -0.391 e. The maximum Gasteiger partial charge on any atom is 0.252 e.